The molecule has 0 unspecified atom stereocenters. The third-order valence-corrected chi connectivity index (χ3v) is 8.43. The maximum atomic E-state index is 4.50. The Hall–Kier alpha value is -1.87. The minimum Gasteiger partial charge on any atom is -1.00 e. The van der Waals surface area contributed by atoms with Crippen molar-refractivity contribution in [3.63, 3.8) is 0 Å². The number of anilines is 2. The van der Waals surface area contributed by atoms with Gasteiger partial charge in [0.25, 0.3) is 0 Å². The number of aromatic nitrogens is 1. The molecule has 1 saturated heterocycles. The molecule has 35 heavy (non-hydrogen) atoms. The Labute approximate surface area is 230 Å². The molecule has 0 bridgehead atoms. The van der Waals surface area contributed by atoms with Gasteiger partial charge in [-0.2, -0.15) is 0 Å². The molecule has 6 heteroatoms. The summed E-state index contributed by atoms with van der Waals surface area (Å²) in [5, 5.41) is 0. The van der Waals surface area contributed by atoms with Gasteiger partial charge in [0, 0.05) is 0 Å². The van der Waals surface area contributed by atoms with Crippen LogP contribution < -0.4 is 34.6 Å². The van der Waals surface area contributed by atoms with Crippen LogP contribution >= 0.6 is 0 Å². The largest absolute Gasteiger partial charge is 1.00 e. The van der Waals surface area contributed by atoms with Gasteiger partial charge in [0.05, 0.1) is 0 Å². The summed E-state index contributed by atoms with van der Waals surface area (Å²) in [6.45, 7) is 15.5. The van der Waals surface area contributed by atoms with Crippen molar-refractivity contribution in [2.45, 2.75) is 54.4 Å². The molecule has 0 radical (unpaired) electrons. The van der Waals surface area contributed by atoms with Crippen molar-refractivity contribution < 1.29 is 41.0 Å². The summed E-state index contributed by atoms with van der Waals surface area (Å²) in [7, 11) is 0. The van der Waals surface area contributed by atoms with E-state index in [4.69, 9.17) is 0 Å². The van der Waals surface area contributed by atoms with Crippen LogP contribution in [-0.4, -0.2) is 27.0 Å². The van der Waals surface area contributed by atoms with Crippen LogP contribution in [0.25, 0.3) is 0 Å². The average molecular weight is 598 g/mol. The van der Waals surface area contributed by atoms with Crippen molar-refractivity contribution >= 4 is 20.3 Å². The summed E-state index contributed by atoms with van der Waals surface area (Å²) in [6, 6.07) is 15.5. The number of halogens is 2. The Bertz CT molecular complexity index is 1120. The monoisotopic (exact) mass is 597 g/mol. The fraction of sp³-hybridized carbons (Fsp3) is 0.345. The van der Waals surface area contributed by atoms with Crippen molar-refractivity contribution in [2.24, 2.45) is 0 Å². The zero-order valence-corrected chi connectivity index (χ0v) is 24.7. The molecule has 3 nitrogen and oxygen atoms in total. The van der Waals surface area contributed by atoms with Gasteiger partial charge in [0.15, 0.2) is 0 Å². The predicted octanol–water partition coefficient (Wildman–Crippen LogP) is -0.128. The number of nitrogens with zero attached hydrogens (tertiary/aromatic N) is 3. The van der Waals surface area contributed by atoms with Crippen molar-refractivity contribution in [2.75, 3.05) is 22.9 Å². The van der Waals surface area contributed by atoms with Gasteiger partial charge >= 0.3 is 207 Å². The van der Waals surface area contributed by atoms with Crippen molar-refractivity contribution in [3.8, 4) is 0 Å². The molecule has 0 atom stereocenters. The number of hydrogen-bond donors (Lipinski definition) is 0. The van der Waals surface area contributed by atoms with E-state index >= 15 is 0 Å². The number of rotatable bonds is 5. The molecule has 0 spiro atoms. The summed E-state index contributed by atoms with van der Waals surface area (Å²) in [4.78, 5) is 9.72. The Morgan fingerprint density at radius 3 is 1.69 bits per heavy atom. The van der Waals surface area contributed by atoms with E-state index in [2.05, 4.69) is 97.3 Å². The molecule has 3 aromatic rings. The number of pyridine rings is 1. The molecule has 0 amide bonds. The van der Waals surface area contributed by atoms with Crippen LogP contribution in [0, 0.1) is 41.5 Å². The molecule has 0 aliphatic carbocycles. The molecule has 1 aliphatic heterocycles. The van der Waals surface area contributed by atoms with Gasteiger partial charge in [-0.05, 0) is 0 Å². The fourth-order valence-corrected chi connectivity index (χ4v) is 7.23. The van der Waals surface area contributed by atoms with E-state index < -0.39 is 0 Å². The zero-order chi connectivity index (χ0) is 23.5. The van der Waals surface area contributed by atoms with E-state index in [1.54, 1.807) is 0 Å². The Morgan fingerprint density at radius 1 is 0.771 bits per heavy atom. The van der Waals surface area contributed by atoms with E-state index in [0.29, 0.717) is 0 Å². The molecule has 188 valence electrons. The summed E-state index contributed by atoms with van der Waals surface area (Å²) >= 11 is -0.0400. The molecule has 0 N–H and O–H groups in total. The van der Waals surface area contributed by atoms with E-state index in [0.717, 1.165) is 25.9 Å². The second-order valence-corrected chi connectivity index (χ2v) is 11.2. The zero-order valence-electron chi connectivity index (χ0n) is 21.5. The van der Waals surface area contributed by atoms with Crippen LogP contribution in [0.15, 0.2) is 48.7 Å². The number of hydrogen-bond acceptors (Lipinski definition) is 3. The van der Waals surface area contributed by atoms with Gasteiger partial charge in [-0.25, -0.2) is 0 Å². The molecule has 4 rings (SSSR count). The van der Waals surface area contributed by atoms with Gasteiger partial charge < -0.3 is 24.8 Å². The Morgan fingerprint density at radius 2 is 1.26 bits per heavy atom. The summed E-state index contributed by atoms with van der Waals surface area (Å²) < 4.78 is 4.01. The molecule has 1 fully saturated rings. The molecule has 1 aliphatic rings. The van der Waals surface area contributed by atoms with Crippen LogP contribution in [-0.2, 0) is 22.6 Å². The van der Waals surface area contributed by atoms with E-state index in [9.17, 15) is 0 Å². The molecular weight excluding hydrogens is 562 g/mol. The minimum absolute atomic E-state index is 0. The van der Waals surface area contributed by atoms with Crippen molar-refractivity contribution in [3.05, 3.63) is 87.7 Å². The van der Waals surface area contributed by atoms with Crippen LogP contribution in [0.4, 0.5) is 11.4 Å². The third kappa shape index (κ3) is 6.67. The first kappa shape index (κ1) is 29.4. The summed E-state index contributed by atoms with van der Waals surface area (Å²) in [5.74, 6) is 0. The average Bonchev–Trinajstić information content (AvgIpc) is 3.13. The quantitative estimate of drug-likeness (QED) is 0.383. The van der Waals surface area contributed by atoms with Gasteiger partial charge in [-0.15, -0.1) is 0 Å². The van der Waals surface area contributed by atoms with Crippen LogP contribution in [0.3, 0.4) is 0 Å². The number of aryl methyl sites for hydroxylation is 7. The van der Waals surface area contributed by atoms with Gasteiger partial charge in [-0.1, -0.05) is 0 Å². The van der Waals surface area contributed by atoms with E-state index in [-0.39, 0.29) is 41.0 Å². The van der Waals surface area contributed by atoms with E-state index in [1.807, 2.05) is 12.3 Å². The molecular formula is C29H35Cl2N3Ru. The first-order valence-electron chi connectivity index (χ1n) is 11.7. The molecule has 1 aromatic heterocycles. The van der Waals surface area contributed by atoms with Crippen molar-refractivity contribution in [1.29, 1.82) is 0 Å². The topological polar surface area (TPSA) is 19.4 Å². The summed E-state index contributed by atoms with van der Waals surface area (Å²) in [6.07, 6.45) is 3.97. The van der Waals surface area contributed by atoms with Crippen LogP contribution in [0.1, 0.15) is 45.5 Å². The van der Waals surface area contributed by atoms with Crippen molar-refractivity contribution in [1.82, 2.24) is 4.98 Å². The predicted molar refractivity (Wildman–Crippen MR) is 140 cm³/mol. The Kier molecular flexibility index (Phi) is 10.8. The first-order chi connectivity index (χ1) is 15.8. The second kappa shape index (κ2) is 12.9. The van der Waals surface area contributed by atoms with Crippen LogP contribution in [0.2, 0.25) is 0 Å². The maximum Gasteiger partial charge on any atom is -1.00 e. The molecule has 2 aromatic carbocycles. The number of benzene rings is 2. The van der Waals surface area contributed by atoms with Gasteiger partial charge in [0.1, 0.15) is 0 Å². The summed E-state index contributed by atoms with van der Waals surface area (Å²) in [5.41, 5.74) is 12.1. The second-order valence-electron chi connectivity index (χ2n) is 9.16. The minimum atomic E-state index is -0.0400. The van der Waals surface area contributed by atoms with E-state index in [1.165, 1.54) is 54.8 Å². The van der Waals surface area contributed by atoms with Crippen LogP contribution in [0.5, 0.6) is 0 Å². The fourth-order valence-electron chi connectivity index (χ4n) is 5.09. The first-order valence-corrected chi connectivity index (χ1v) is 13.6. The van der Waals surface area contributed by atoms with Gasteiger partial charge in [-0.3, -0.25) is 0 Å². The normalized spacial score (nSPS) is 12.8. The smallest absolute Gasteiger partial charge is 1.00 e. The Balaban J connectivity index is 0.00000216. The standard InChI is InChI=1S/C21H26N2.C8H9N.2ClH.Ru/c1-14-9-16(3)20(17(4)10-14)22-7-8-23(13-22)21-18(5)11-15(2)12-19(21)6;1-2-5-8-6-3-4-7-9-8;;;/h9-12H,7-8H2,1-6H3;1,3-4,6-7H,2,5H2;2*1H;/q;;;;+2/p-2. The van der Waals surface area contributed by atoms with Gasteiger partial charge in [0.2, 0.25) is 0 Å². The maximum absolute atomic E-state index is 4.50. The molecule has 0 saturated carbocycles. The SMILES string of the molecule is Cc1cc(C)c(N2CCN(c3c(C)cc(C)cc3C)[C]2=[Ru+2]=[CH]CCc2ccccn2)c(C)c1.[Cl-].[Cl-]. The molecule has 2 heterocycles. The third-order valence-electron chi connectivity index (χ3n) is 6.18.